The zero-order valence-corrected chi connectivity index (χ0v) is 8.77. The lowest BCUT2D eigenvalue weighted by Gasteiger charge is -2.04. The van der Waals surface area contributed by atoms with E-state index in [-0.39, 0.29) is 18.2 Å². The molecule has 3 N–H and O–H groups in total. The van der Waals surface area contributed by atoms with Crippen molar-refractivity contribution in [2.24, 2.45) is 5.73 Å². The SMILES string of the molecule is CCOC(=O)CNc1ccc(C(N)=O)nn1. The highest BCUT2D eigenvalue weighted by atomic mass is 16.5. The van der Waals surface area contributed by atoms with E-state index >= 15 is 0 Å². The first-order valence-corrected chi connectivity index (χ1v) is 4.66. The maximum atomic E-state index is 11.0. The third-order valence-corrected chi connectivity index (χ3v) is 1.64. The van der Waals surface area contributed by atoms with Gasteiger partial charge in [0.15, 0.2) is 5.69 Å². The Morgan fingerprint density at radius 1 is 1.44 bits per heavy atom. The smallest absolute Gasteiger partial charge is 0.325 e. The lowest BCUT2D eigenvalue weighted by Crippen LogP contribution is -2.18. The monoisotopic (exact) mass is 224 g/mol. The topological polar surface area (TPSA) is 107 Å². The Labute approximate surface area is 92.0 Å². The molecule has 1 aromatic heterocycles. The second-order valence-electron chi connectivity index (χ2n) is 2.83. The number of carbonyl (C=O) groups excluding carboxylic acids is 2. The van der Waals surface area contributed by atoms with E-state index in [1.807, 2.05) is 0 Å². The molecule has 0 unspecified atom stereocenters. The molecule has 7 nitrogen and oxygen atoms in total. The van der Waals surface area contributed by atoms with Crippen LogP contribution in [0.2, 0.25) is 0 Å². The van der Waals surface area contributed by atoms with Crippen LogP contribution >= 0.6 is 0 Å². The number of hydrogen-bond acceptors (Lipinski definition) is 6. The largest absolute Gasteiger partial charge is 0.465 e. The Hall–Kier alpha value is -2.18. The molecule has 7 heteroatoms. The number of carbonyl (C=O) groups is 2. The zero-order chi connectivity index (χ0) is 12.0. The predicted molar refractivity (Wildman–Crippen MR) is 55.7 cm³/mol. The summed E-state index contributed by atoms with van der Waals surface area (Å²) in [5.41, 5.74) is 5.06. The fourth-order valence-corrected chi connectivity index (χ4v) is 0.933. The molecule has 0 saturated carbocycles. The van der Waals surface area contributed by atoms with Gasteiger partial charge in [-0.1, -0.05) is 0 Å². The predicted octanol–water partition coefficient (Wildman–Crippen LogP) is -0.450. The minimum atomic E-state index is -0.649. The van der Waals surface area contributed by atoms with Gasteiger partial charge in [-0.2, -0.15) is 0 Å². The van der Waals surface area contributed by atoms with Crippen LogP contribution in [-0.4, -0.2) is 35.2 Å². The van der Waals surface area contributed by atoms with Crippen LogP contribution < -0.4 is 11.1 Å². The minimum absolute atomic E-state index is 0.00155. The van der Waals surface area contributed by atoms with E-state index in [4.69, 9.17) is 10.5 Å². The van der Waals surface area contributed by atoms with Gasteiger partial charge in [-0.3, -0.25) is 9.59 Å². The molecular weight excluding hydrogens is 212 g/mol. The second-order valence-corrected chi connectivity index (χ2v) is 2.83. The number of nitrogens with zero attached hydrogens (tertiary/aromatic N) is 2. The van der Waals surface area contributed by atoms with Crippen molar-refractivity contribution >= 4 is 17.7 Å². The molecule has 0 aromatic carbocycles. The summed E-state index contributed by atoms with van der Waals surface area (Å²) in [5, 5.41) is 9.92. The van der Waals surface area contributed by atoms with Crippen molar-refractivity contribution in [2.45, 2.75) is 6.92 Å². The molecule has 0 aliphatic heterocycles. The number of primary amides is 1. The molecule has 0 atom stereocenters. The van der Waals surface area contributed by atoms with Gasteiger partial charge in [0.2, 0.25) is 0 Å². The summed E-state index contributed by atoms with van der Waals surface area (Å²) in [4.78, 5) is 21.7. The molecule has 1 rings (SSSR count). The van der Waals surface area contributed by atoms with Crippen molar-refractivity contribution < 1.29 is 14.3 Å². The number of ether oxygens (including phenoxy) is 1. The Kier molecular flexibility index (Phi) is 4.19. The summed E-state index contributed by atoms with van der Waals surface area (Å²) < 4.78 is 4.70. The Morgan fingerprint density at radius 3 is 2.69 bits per heavy atom. The van der Waals surface area contributed by atoms with Gasteiger partial charge in [0, 0.05) is 0 Å². The summed E-state index contributed by atoms with van der Waals surface area (Å²) in [7, 11) is 0. The maximum Gasteiger partial charge on any atom is 0.325 e. The second kappa shape index (κ2) is 5.64. The van der Waals surface area contributed by atoms with Crippen molar-refractivity contribution in [1.29, 1.82) is 0 Å². The summed E-state index contributed by atoms with van der Waals surface area (Å²) in [6.45, 7) is 2.05. The van der Waals surface area contributed by atoms with Gasteiger partial charge in [-0.15, -0.1) is 10.2 Å². The highest BCUT2D eigenvalue weighted by Crippen LogP contribution is 2.00. The van der Waals surface area contributed by atoms with Crippen molar-refractivity contribution in [1.82, 2.24) is 10.2 Å². The molecule has 86 valence electrons. The summed E-state index contributed by atoms with van der Waals surface area (Å²) in [5.74, 6) is -0.661. The lowest BCUT2D eigenvalue weighted by atomic mass is 10.4. The average molecular weight is 224 g/mol. The van der Waals surface area contributed by atoms with Gasteiger partial charge in [-0.05, 0) is 19.1 Å². The van der Waals surface area contributed by atoms with Crippen LogP contribution in [0.3, 0.4) is 0 Å². The molecule has 0 saturated heterocycles. The fourth-order valence-electron chi connectivity index (χ4n) is 0.933. The minimum Gasteiger partial charge on any atom is -0.465 e. The van der Waals surface area contributed by atoms with Gasteiger partial charge >= 0.3 is 5.97 Å². The van der Waals surface area contributed by atoms with E-state index in [9.17, 15) is 9.59 Å². The lowest BCUT2D eigenvalue weighted by molar-refractivity contribution is -0.140. The Balaban J connectivity index is 2.49. The number of amides is 1. The number of hydrogen-bond donors (Lipinski definition) is 2. The zero-order valence-electron chi connectivity index (χ0n) is 8.77. The van der Waals surface area contributed by atoms with Crippen molar-refractivity contribution in [2.75, 3.05) is 18.5 Å². The van der Waals surface area contributed by atoms with Crippen molar-refractivity contribution in [3.05, 3.63) is 17.8 Å². The summed E-state index contributed by atoms with van der Waals surface area (Å²) in [6.07, 6.45) is 0. The van der Waals surface area contributed by atoms with E-state index in [0.717, 1.165) is 0 Å². The van der Waals surface area contributed by atoms with E-state index in [0.29, 0.717) is 12.4 Å². The van der Waals surface area contributed by atoms with Crippen molar-refractivity contribution in [3.8, 4) is 0 Å². The number of aromatic nitrogens is 2. The van der Waals surface area contributed by atoms with Crippen LogP contribution in [0.5, 0.6) is 0 Å². The fraction of sp³-hybridized carbons (Fsp3) is 0.333. The van der Waals surface area contributed by atoms with Crippen LogP contribution in [-0.2, 0) is 9.53 Å². The van der Waals surface area contributed by atoms with Crippen LogP contribution in [0.15, 0.2) is 12.1 Å². The molecule has 0 bridgehead atoms. The van der Waals surface area contributed by atoms with Crippen LogP contribution in [0.4, 0.5) is 5.82 Å². The molecule has 0 aliphatic carbocycles. The maximum absolute atomic E-state index is 11.0. The third kappa shape index (κ3) is 3.52. The van der Waals surface area contributed by atoms with Gasteiger partial charge in [0.05, 0.1) is 6.61 Å². The molecule has 0 fully saturated rings. The number of nitrogens with one attached hydrogen (secondary N) is 1. The number of esters is 1. The highest BCUT2D eigenvalue weighted by Gasteiger charge is 2.04. The molecule has 1 amide bonds. The van der Waals surface area contributed by atoms with Crippen molar-refractivity contribution in [3.63, 3.8) is 0 Å². The van der Waals surface area contributed by atoms with E-state index in [1.165, 1.54) is 12.1 Å². The molecule has 16 heavy (non-hydrogen) atoms. The average Bonchev–Trinajstić information content (AvgIpc) is 2.27. The van der Waals surface area contributed by atoms with E-state index in [2.05, 4.69) is 15.5 Å². The Bertz CT molecular complexity index is 377. The standard InChI is InChI=1S/C9H12N4O3/c1-2-16-8(14)5-11-7-4-3-6(9(10)15)12-13-7/h3-4H,2,5H2,1H3,(H2,10,15)(H,11,13). The number of nitrogens with two attached hydrogens (primary N) is 1. The molecule has 0 spiro atoms. The molecular formula is C9H12N4O3. The van der Waals surface area contributed by atoms with Gasteiger partial charge < -0.3 is 15.8 Å². The quantitative estimate of drug-likeness (QED) is 0.656. The summed E-state index contributed by atoms with van der Waals surface area (Å²) >= 11 is 0. The van der Waals surface area contributed by atoms with Gasteiger partial charge in [0.25, 0.3) is 5.91 Å². The number of anilines is 1. The molecule has 1 heterocycles. The Morgan fingerprint density at radius 2 is 2.19 bits per heavy atom. The first-order valence-electron chi connectivity index (χ1n) is 4.66. The van der Waals surface area contributed by atoms with Gasteiger partial charge in [-0.25, -0.2) is 0 Å². The first kappa shape index (κ1) is 11.9. The van der Waals surface area contributed by atoms with Gasteiger partial charge in [0.1, 0.15) is 12.4 Å². The number of rotatable bonds is 5. The first-order chi connectivity index (χ1) is 7.63. The van der Waals surface area contributed by atoms with E-state index in [1.54, 1.807) is 6.92 Å². The summed E-state index contributed by atoms with van der Waals surface area (Å²) in [6, 6.07) is 2.93. The van der Waals surface area contributed by atoms with Crippen LogP contribution in [0, 0.1) is 0 Å². The third-order valence-electron chi connectivity index (χ3n) is 1.64. The van der Waals surface area contributed by atoms with E-state index < -0.39 is 5.91 Å². The normalized spacial score (nSPS) is 9.56. The van der Waals surface area contributed by atoms with Crippen LogP contribution in [0.25, 0.3) is 0 Å². The highest BCUT2D eigenvalue weighted by molar-refractivity contribution is 5.90. The molecule has 0 aliphatic rings. The molecule has 0 radical (unpaired) electrons. The van der Waals surface area contributed by atoms with Crippen LogP contribution in [0.1, 0.15) is 17.4 Å². The molecule has 1 aromatic rings.